The summed E-state index contributed by atoms with van der Waals surface area (Å²) in [4.78, 5) is 0. The van der Waals surface area contributed by atoms with E-state index in [2.05, 4.69) is 10.4 Å². The molecule has 11 heavy (non-hydrogen) atoms. The molecule has 2 aliphatic rings. The average Bonchev–Trinajstić information content (AvgIpc) is 2.03. The highest BCUT2D eigenvalue weighted by molar-refractivity contribution is 4.83. The van der Waals surface area contributed by atoms with Gasteiger partial charge in [0.25, 0.3) is 0 Å². The summed E-state index contributed by atoms with van der Waals surface area (Å²) in [5.74, 6) is 0. The third kappa shape index (κ3) is 1.27. The fraction of sp³-hybridized carbons (Fsp3) is 1.00. The maximum atomic E-state index is 5.41. The van der Waals surface area contributed by atoms with E-state index in [1.807, 2.05) is 7.05 Å². The van der Waals surface area contributed by atoms with Gasteiger partial charge in [0.1, 0.15) is 0 Å². The second-order valence-corrected chi connectivity index (χ2v) is 3.01. The fourth-order valence-corrected chi connectivity index (χ4v) is 1.76. The summed E-state index contributed by atoms with van der Waals surface area (Å²) in [6, 6.07) is 0.819. The molecule has 0 radical (unpaired) electrons. The molecular weight excluding hydrogens is 144 g/mol. The lowest BCUT2D eigenvalue weighted by atomic mass is 10.1. The van der Waals surface area contributed by atoms with E-state index in [9.17, 15) is 0 Å². The quantitative estimate of drug-likeness (QED) is 0.543. The van der Waals surface area contributed by atoms with E-state index in [-0.39, 0.29) is 0 Å². The lowest BCUT2D eigenvalue weighted by Crippen LogP contribution is -2.63. The predicted octanol–water partition coefficient (Wildman–Crippen LogP) is -0.780. The molecule has 0 aromatic rings. The maximum Gasteiger partial charge on any atom is 0.0716 e. The van der Waals surface area contributed by atoms with E-state index in [0.29, 0.717) is 12.1 Å². The summed E-state index contributed by atoms with van der Waals surface area (Å²) in [6.45, 7) is 3.16. The van der Waals surface area contributed by atoms with Crippen molar-refractivity contribution in [3.63, 3.8) is 0 Å². The SMILES string of the molecule is CNN1C2COCC1COC2. The van der Waals surface area contributed by atoms with Gasteiger partial charge in [0, 0.05) is 0 Å². The molecule has 2 fully saturated rings. The zero-order chi connectivity index (χ0) is 7.68. The molecule has 2 bridgehead atoms. The van der Waals surface area contributed by atoms with Crippen LogP contribution >= 0.6 is 0 Å². The molecule has 2 saturated heterocycles. The van der Waals surface area contributed by atoms with Crippen LogP contribution in [0, 0.1) is 0 Å². The van der Waals surface area contributed by atoms with Crippen molar-refractivity contribution in [2.45, 2.75) is 12.1 Å². The van der Waals surface area contributed by atoms with Crippen LogP contribution < -0.4 is 5.43 Å². The van der Waals surface area contributed by atoms with Crippen molar-refractivity contribution in [1.82, 2.24) is 10.4 Å². The number of nitrogens with one attached hydrogen (secondary N) is 1. The summed E-state index contributed by atoms with van der Waals surface area (Å²) in [6.07, 6.45) is 0. The standard InChI is InChI=1S/C7H14N2O2/c1-8-9-6-2-10-4-7(9)5-11-3-6/h6-8H,2-5H2,1H3. The van der Waals surface area contributed by atoms with Crippen LogP contribution in [0.15, 0.2) is 0 Å². The van der Waals surface area contributed by atoms with E-state index in [4.69, 9.17) is 9.47 Å². The van der Waals surface area contributed by atoms with Gasteiger partial charge in [-0.2, -0.15) is 0 Å². The molecule has 1 N–H and O–H groups in total. The monoisotopic (exact) mass is 158 g/mol. The number of rotatable bonds is 1. The minimum Gasteiger partial charge on any atom is -0.378 e. The minimum atomic E-state index is 0.410. The molecule has 0 spiro atoms. The number of hydrogen-bond donors (Lipinski definition) is 1. The second-order valence-electron chi connectivity index (χ2n) is 3.01. The number of morpholine rings is 2. The van der Waals surface area contributed by atoms with E-state index in [1.54, 1.807) is 0 Å². The normalized spacial score (nSPS) is 39.0. The van der Waals surface area contributed by atoms with E-state index < -0.39 is 0 Å². The number of ether oxygens (including phenoxy) is 2. The molecule has 0 atom stereocenters. The lowest BCUT2D eigenvalue weighted by molar-refractivity contribution is -0.154. The Morgan fingerprint density at radius 1 is 1.09 bits per heavy atom. The molecule has 4 nitrogen and oxygen atoms in total. The lowest BCUT2D eigenvalue weighted by Gasteiger charge is -2.44. The number of nitrogens with zero attached hydrogens (tertiary/aromatic N) is 1. The third-order valence-electron chi connectivity index (χ3n) is 2.29. The van der Waals surface area contributed by atoms with Crippen LogP contribution in [-0.2, 0) is 9.47 Å². The molecule has 0 saturated carbocycles. The Hall–Kier alpha value is -0.160. The Kier molecular flexibility index (Phi) is 2.09. The van der Waals surface area contributed by atoms with E-state index >= 15 is 0 Å². The van der Waals surface area contributed by atoms with Crippen molar-refractivity contribution in [2.75, 3.05) is 33.5 Å². The number of hydrazine groups is 1. The largest absolute Gasteiger partial charge is 0.378 e. The van der Waals surface area contributed by atoms with Gasteiger partial charge < -0.3 is 9.47 Å². The first-order valence-corrected chi connectivity index (χ1v) is 4.03. The van der Waals surface area contributed by atoms with Crippen LogP contribution in [0.4, 0.5) is 0 Å². The highest BCUT2D eigenvalue weighted by Gasteiger charge is 2.34. The molecule has 0 amide bonds. The topological polar surface area (TPSA) is 33.7 Å². The van der Waals surface area contributed by atoms with E-state index in [1.165, 1.54) is 0 Å². The van der Waals surface area contributed by atoms with E-state index in [0.717, 1.165) is 26.4 Å². The van der Waals surface area contributed by atoms with Crippen molar-refractivity contribution in [1.29, 1.82) is 0 Å². The molecule has 0 unspecified atom stereocenters. The first-order chi connectivity index (χ1) is 5.42. The molecular formula is C7H14N2O2. The van der Waals surface area contributed by atoms with Gasteiger partial charge in [-0.15, -0.1) is 0 Å². The van der Waals surface area contributed by atoms with Gasteiger partial charge in [-0.3, -0.25) is 5.43 Å². The summed E-state index contributed by atoms with van der Waals surface area (Å²) < 4.78 is 10.8. The third-order valence-corrected chi connectivity index (χ3v) is 2.29. The van der Waals surface area contributed by atoms with Crippen LogP contribution in [0.1, 0.15) is 0 Å². The smallest absolute Gasteiger partial charge is 0.0716 e. The highest BCUT2D eigenvalue weighted by Crippen LogP contribution is 2.15. The van der Waals surface area contributed by atoms with Crippen LogP contribution in [0.5, 0.6) is 0 Å². The molecule has 4 heteroatoms. The van der Waals surface area contributed by atoms with Gasteiger partial charge in [-0.1, -0.05) is 0 Å². The minimum absolute atomic E-state index is 0.410. The summed E-state index contributed by atoms with van der Waals surface area (Å²) in [7, 11) is 1.96. The van der Waals surface area contributed by atoms with Gasteiger partial charge in [0.05, 0.1) is 38.5 Å². The van der Waals surface area contributed by atoms with Gasteiger partial charge in [-0.25, -0.2) is 5.01 Å². The zero-order valence-corrected chi connectivity index (χ0v) is 6.75. The molecule has 2 rings (SSSR count). The first kappa shape index (κ1) is 7.49. The Bertz CT molecular complexity index is 120. The molecule has 2 heterocycles. The van der Waals surface area contributed by atoms with Crippen LogP contribution in [0.25, 0.3) is 0 Å². The Morgan fingerprint density at radius 2 is 1.55 bits per heavy atom. The van der Waals surface area contributed by atoms with Gasteiger partial charge in [0.15, 0.2) is 0 Å². The molecule has 2 aliphatic heterocycles. The van der Waals surface area contributed by atoms with Crippen LogP contribution in [0.2, 0.25) is 0 Å². The van der Waals surface area contributed by atoms with Crippen molar-refractivity contribution >= 4 is 0 Å². The summed E-state index contributed by atoms with van der Waals surface area (Å²) in [5.41, 5.74) is 3.18. The zero-order valence-electron chi connectivity index (χ0n) is 6.75. The van der Waals surface area contributed by atoms with Crippen molar-refractivity contribution in [2.24, 2.45) is 0 Å². The van der Waals surface area contributed by atoms with Gasteiger partial charge >= 0.3 is 0 Å². The van der Waals surface area contributed by atoms with Crippen molar-refractivity contribution in [3.8, 4) is 0 Å². The highest BCUT2D eigenvalue weighted by atomic mass is 16.5. The average molecular weight is 158 g/mol. The first-order valence-electron chi connectivity index (χ1n) is 4.03. The molecule has 64 valence electrons. The number of hydrogen-bond acceptors (Lipinski definition) is 4. The maximum absolute atomic E-state index is 5.41. The fourth-order valence-electron chi connectivity index (χ4n) is 1.76. The van der Waals surface area contributed by atoms with Gasteiger partial charge in [-0.05, 0) is 7.05 Å². The Morgan fingerprint density at radius 3 is 1.82 bits per heavy atom. The molecule has 0 aromatic heterocycles. The van der Waals surface area contributed by atoms with Crippen LogP contribution in [0.3, 0.4) is 0 Å². The Balaban J connectivity index is 2.04. The predicted molar refractivity (Wildman–Crippen MR) is 40.1 cm³/mol. The summed E-state index contributed by atoms with van der Waals surface area (Å²) in [5, 5.41) is 2.24. The van der Waals surface area contributed by atoms with Crippen molar-refractivity contribution in [3.05, 3.63) is 0 Å². The second kappa shape index (κ2) is 3.06. The van der Waals surface area contributed by atoms with Crippen LogP contribution in [-0.4, -0.2) is 50.6 Å². The molecule has 0 aliphatic carbocycles. The van der Waals surface area contributed by atoms with Crippen molar-refractivity contribution < 1.29 is 9.47 Å². The summed E-state index contributed by atoms with van der Waals surface area (Å²) >= 11 is 0. The Labute approximate surface area is 66.4 Å². The number of fused-ring (bicyclic) bond motifs is 2. The molecule has 0 aromatic carbocycles. The van der Waals surface area contributed by atoms with Gasteiger partial charge in [0.2, 0.25) is 0 Å².